The Balaban J connectivity index is 1.34. The van der Waals surface area contributed by atoms with Crippen LogP contribution in [0.1, 0.15) is 56.9 Å². The summed E-state index contributed by atoms with van der Waals surface area (Å²) in [6, 6.07) is 6.11. The summed E-state index contributed by atoms with van der Waals surface area (Å²) in [6.07, 6.45) is 11.2. The number of fused-ring (bicyclic) bond motifs is 2. The van der Waals surface area contributed by atoms with E-state index in [4.69, 9.17) is 11.6 Å². The minimum absolute atomic E-state index is 0.107. The molecule has 1 aliphatic heterocycles. The van der Waals surface area contributed by atoms with E-state index in [1.807, 2.05) is 13.1 Å². The van der Waals surface area contributed by atoms with Crippen LogP contribution in [0.25, 0.3) is 0 Å². The fourth-order valence-corrected chi connectivity index (χ4v) is 7.26. The van der Waals surface area contributed by atoms with Crippen LogP contribution >= 0.6 is 11.6 Å². The molecule has 1 heterocycles. The topological polar surface area (TPSA) is 32.3 Å². The number of amides is 1. The Morgan fingerprint density at radius 3 is 2.89 bits per heavy atom. The fourth-order valence-electron chi connectivity index (χ4n) is 7.00. The molecule has 0 spiro atoms. The lowest BCUT2D eigenvalue weighted by Gasteiger charge is -2.47. The molecule has 3 saturated carbocycles. The fraction of sp³-hybridized carbons (Fsp3) is 0.696. The van der Waals surface area contributed by atoms with E-state index in [2.05, 4.69) is 22.3 Å². The minimum Gasteiger partial charge on any atom is -0.388 e. The maximum Gasteiger partial charge on any atom is 0.226 e. The molecule has 1 N–H and O–H groups in total. The van der Waals surface area contributed by atoms with E-state index in [-0.39, 0.29) is 11.5 Å². The van der Waals surface area contributed by atoms with Crippen LogP contribution in [0.5, 0.6) is 0 Å². The third-order valence-corrected chi connectivity index (χ3v) is 8.52. The normalized spacial score (nSPS) is 37.7. The van der Waals surface area contributed by atoms with Gasteiger partial charge in [-0.1, -0.05) is 30.5 Å². The highest BCUT2D eigenvalue weighted by molar-refractivity contribution is 6.31. The van der Waals surface area contributed by atoms with Gasteiger partial charge in [-0.05, 0) is 80.4 Å². The highest BCUT2D eigenvalue weighted by Crippen LogP contribution is 2.57. The van der Waals surface area contributed by atoms with Crippen LogP contribution in [0.15, 0.2) is 18.2 Å². The van der Waals surface area contributed by atoms with Gasteiger partial charge in [0.25, 0.3) is 0 Å². The molecule has 3 aliphatic carbocycles. The summed E-state index contributed by atoms with van der Waals surface area (Å²) < 4.78 is 0. The van der Waals surface area contributed by atoms with Crippen LogP contribution < -0.4 is 5.32 Å². The number of carbonyl (C=O) groups excluding carboxylic acids is 1. The number of likely N-dealkylation sites (tertiary alicyclic amines) is 1. The van der Waals surface area contributed by atoms with Crippen molar-refractivity contribution in [2.24, 2.45) is 23.7 Å². The molecule has 1 aromatic rings. The molecular weight excluding hydrogens is 356 g/mol. The van der Waals surface area contributed by atoms with Crippen molar-refractivity contribution >= 4 is 23.2 Å². The minimum atomic E-state index is 0.107. The monoisotopic (exact) mass is 386 g/mol. The number of carbonyl (C=O) groups is 1. The first-order valence-corrected chi connectivity index (χ1v) is 11.2. The van der Waals surface area contributed by atoms with E-state index in [0.717, 1.165) is 53.4 Å². The van der Waals surface area contributed by atoms with E-state index in [9.17, 15) is 4.79 Å². The second-order valence-corrected chi connectivity index (χ2v) is 10.0. The van der Waals surface area contributed by atoms with Gasteiger partial charge in [0.1, 0.15) is 0 Å². The third-order valence-electron chi connectivity index (χ3n) is 8.16. The van der Waals surface area contributed by atoms with Gasteiger partial charge in [-0.2, -0.15) is 0 Å². The first-order valence-electron chi connectivity index (χ1n) is 10.9. The van der Waals surface area contributed by atoms with Crippen LogP contribution in [-0.2, 0) is 11.2 Å². The van der Waals surface area contributed by atoms with Gasteiger partial charge in [0.2, 0.25) is 5.91 Å². The summed E-state index contributed by atoms with van der Waals surface area (Å²) in [5, 5.41) is 3.90. The maximum absolute atomic E-state index is 13.4. The highest BCUT2D eigenvalue weighted by atomic mass is 35.5. The molecule has 0 radical (unpaired) electrons. The molecule has 3 bridgehead atoms. The lowest BCUT2D eigenvalue weighted by molar-refractivity contribution is -0.139. The molecular formula is C23H31ClN2O. The van der Waals surface area contributed by atoms with Gasteiger partial charge in [-0.15, -0.1) is 0 Å². The first-order chi connectivity index (χ1) is 13.1. The van der Waals surface area contributed by atoms with Crippen molar-refractivity contribution in [2.75, 3.05) is 18.9 Å². The predicted octanol–water partition coefficient (Wildman–Crippen LogP) is 5.13. The number of benzene rings is 1. The Bertz CT molecular complexity index is 750. The van der Waals surface area contributed by atoms with Crippen molar-refractivity contribution in [2.45, 2.75) is 63.3 Å². The van der Waals surface area contributed by atoms with Gasteiger partial charge in [-0.3, -0.25) is 4.79 Å². The summed E-state index contributed by atoms with van der Waals surface area (Å²) in [5.41, 5.74) is 2.32. The number of rotatable bonds is 4. The molecule has 27 heavy (non-hydrogen) atoms. The number of halogens is 1. The Morgan fingerprint density at radius 2 is 2.07 bits per heavy atom. The summed E-state index contributed by atoms with van der Waals surface area (Å²) >= 11 is 6.48. The third kappa shape index (κ3) is 2.97. The standard InChI is InChI=1S/C23H31ClN2O/c1-25-20-5-4-17(21(24)12-20)11-18-6-8-26(22(18)27)23-7-2-3-16-9-15(13-23)10-19(16)14-23/h4-5,12,15-16,18-19,25H,2-3,6-11,13-14H2,1H3. The number of hydrogen-bond acceptors (Lipinski definition) is 2. The molecule has 5 unspecified atom stereocenters. The lowest BCUT2D eigenvalue weighted by Crippen LogP contribution is -2.53. The summed E-state index contributed by atoms with van der Waals surface area (Å²) in [6.45, 7) is 0.958. The predicted molar refractivity (Wildman–Crippen MR) is 110 cm³/mol. The summed E-state index contributed by atoms with van der Waals surface area (Å²) in [7, 11) is 1.90. The van der Waals surface area contributed by atoms with E-state index in [0.29, 0.717) is 5.91 Å². The SMILES string of the molecule is CNc1ccc(CC2CCN(C34CCCC5CC(CC5C3)C4)C2=O)c(Cl)c1. The van der Waals surface area contributed by atoms with Crippen LogP contribution in [-0.4, -0.2) is 29.9 Å². The Kier molecular flexibility index (Phi) is 4.42. The zero-order valence-electron chi connectivity index (χ0n) is 16.3. The van der Waals surface area contributed by atoms with Crippen molar-refractivity contribution < 1.29 is 4.79 Å². The quantitative estimate of drug-likeness (QED) is 0.777. The van der Waals surface area contributed by atoms with Crippen molar-refractivity contribution in [3.63, 3.8) is 0 Å². The van der Waals surface area contributed by atoms with E-state index < -0.39 is 0 Å². The van der Waals surface area contributed by atoms with Gasteiger partial charge in [0.05, 0.1) is 0 Å². The van der Waals surface area contributed by atoms with Gasteiger partial charge in [0.15, 0.2) is 0 Å². The molecule has 0 aromatic heterocycles. The van der Waals surface area contributed by atoms with Crippen molar-refractivity contribution in [3.8, 4) is 0 Å². The van der Waals surface area contributed by atoms with E-state index >= 15 is 0 Å². The number of anilines is 1. The average molecular weight is 387 g/mol. The molecule has 4 fully saturated rings. The van der Waals surface area contributed by atoms with E-state index in [1.165, 1.54) is 44.9 Å². The Labute approximate surface area is 167 Å². The first kappa shape index (κ1) is 17.8. The Hall–Kier alpha value is -1.22. The van der Waals surface area contributed by atoms with Crippen LogP contribution in [0.4, 0.5) is 5.69 Å². The summed E-state index contributed by atoms with van der Waals surface area (Å²) in [4.78, 5) is 15.8. The molecule has 4 heteroatoms. The zero-order chi connectivity index (χ0) is 18.6. The number of nitrogens with one attached hydrogen (secondary N) is 1. The molecule has 1 aromatic carbocycles. The number of nitrogens with zero attached hydrogens (tertiary/aromatic N) is 1. The molecule has 5 rings (SSSR count). The summed E-state index contributed by atoms with van der Waals surface area (Å²) in [5.74, 6) is 3.24. The van der Waals surface area contributed by atoms with Crippen LogP contribution in [0, 0.1) is 23.7 Å². The van der Waals surface area contributed by atoms with Crippen LogP contribution in [0.3, 0.4) is 0 Å². The largest absolute Gasteiger partial charge is 0.388 e. The van der Waals surface area contributed by atoms with Crippen LogP contribution in [0.2, 0.25) is 5.02 Å². The second kappa shape index (κ2) is 6.69. The molecule has 1 saturated heterocycles. The molecule has 4 aliphatic rings. The van der Waals surface area contributed by atoms with Gasteiger partial charge >= 0.3 is 0 Å². The smallest absolute Gasteiger partial charge is 0.226 e. The van der Waals surface area contributed by atoms with Crippen molar-refractivity contribution in [1.29, 1.82) is 0 Å². The molecule has 1 amide bonds. The van der Waals surface area contributed by atoms with Gasteiger partial charge < -0.3 is 10.2 Å². The Morgan fingerprint density at radius 1 is 1.22 bits per heavy atom. The highest BCUT2D eigenvalue weighted by Gasteiger charge is 2.54. The zero-order valence-corrected chi connectivity index (χ0v) is 17.1. The van der Waals surface area contributed by atoms with Crippen molar-refractivity contribution in [1.82, 2.24) is 4.90 Å². The average Bonchev–Trinajstić information content (AvgIpc) is 3.12. The molecule has 5 atom stereocenters. The van der Waals surface area contributed by atoms with E-state index in [1.54, 1.807) is 0 Å². The number of hydrogen-bond donors (Lipinski definition) is 1. The van der Waals surface area contributed by atoms with Gasteiger partial charge in [-0.25, -0.2) is 0 Å². The lowest BCUT2D eigenvalue weighted by atomic mass is 9.72. The van der Waals surface area contributed by atoms with Gasteiger partial charge in [0, 0.05) is 35.8 Å². The second-order valence-electron chi connectivity index (χ2n) is 9.62. The molecule has 3 nitrogen and oxygen atoms in total. The maximum atomic E-state index is 13.4. The molecule has 146 valence electrons. The van der Waals surface area contributed by atoms with Crippen molar-refractivity contribution in [3.05, 3.63) is 28.8 Å².